The summed E-state index contributed by atoms with van der Waals surface area (Å²) in [5.41, 5.74) is -0.963. The number of hydrogen-bond donors (Lipinski definition) is 1. The number of carbonyl (C=O) groups is 1. The van der Waals surface area contributed by atoms with Gasteiger partial charge in [0.2, 0.25) is 0 Å². The molecule has 0 saturated heterocycles. The van der Waals surface area contributed by atoms with Gasteiger partial charge in [0, 0.05) is 6.07 Å². The molecule has 0 aliphatic carbocycles. The summed E-state index contributed by atoms with van der Waals surface area (Å²) in [7, 11) is 0. The van der Waals surface area contributed by atoms with Crippen molar-refractivity contribution in [3.63, 3.8) is 0 Å². The zero-order chi connectivity index (χ0) is 20.5. The van der Waals surface area contributed by atoms with Gasteiger partial charge in [0.25, 0.3) is 17.7 Å². The second-order valence-electron chi connectivity index (χ2n) is 5.76. The first-order chi connectivity index (χ1) is 13.9. The summed E-state index contributed by atoms with van der Waals surface area (Å²) < 4.78 is 52.6. The van der Waals surface area contributed by atoms with Crippen LogP contribution >= 0.6 is 11.6 Å². The topological polar surface area (TPSA) is 81.2 Å². The molecular formula is C19H9ClF3N3O3. The molecule has 0 unspecified atom stereocenters. The molecule has 0 aliphatic heterocycles. The fourth-order valence-electron chi connectivity index (χ4n) is 2.50. The maximum Gasteiger partial charge on any atom is 0.283 e. The number of benzene rings is 2. The Hall–Kier alpha value is -3.59. The smallest absolute Gasteiger partial charge is 0.283 e. The fourth-order valence-corrected chi connectivity index (χ4v) is 2.65. The second-order valence-corrected chi connectivity index (χ2v) is 6.13. The fraction of sp³-hybridized carbons (Fsp3) is 0. The van der Waals surface area contributed by atoms with Crippen LogP contribution in [0.3, 0.4) is 0 Å². The third-order valence-electron chi connectivity index (χ3n) is 3.86. The molecular weight excluding hydrogens is 411 g/mol. The number of anilines is 1. The SMILES string of the molecule is O=C(Nc1cc(-c2nnc(-c3ccc(Cl)o3)o2)c(F)cc1F)c1ccccc1F. The Bertz CT molecular complexity index is 1220. The molecule has 1 amide bonds. The minimum atomic E-state index is -1.06. The zero-order valence-electron chi connectivity index (χ0n) is 14.2. The summed E-state index contributed by atoms with van der Waals surface area (Å²) in [4.78, 5) is 12.2. The van der Waals surface area contributed by atoms with E-state index in [1.807, 2.05) is 0 Å². The van der Waals surface area contributed by atoms with Crippen LogP contribution in [0, 0.1) is 17.5 Å². The van der Waals surface area contributed by atoms with Crippen molar-refractivity contribution < 1.29 is 26.8 Å². The Kier molecular flexibility index (Phi) is 4.81. The number of carbonyl (C=O) groups excluding carboxylic acids is 1. The molecule has 0 atom stereocenters. The molecule has 0 saturated carbocycles. The first kappa shape index (κ1) is 18.8. The van der Waals surface area contributed by atoms with Crippen LogP contribution in [0.4, 0.5) is 18.9 Å². The van der Waals surface area contributed by atoms with E-state index in [4.69, 9.17) is 20.4 Å². The van der Waals surface area contributed by atoms with Gasteiger partial charge in [-0.05, 0) is 41.9 Å². The molecule has 1 N–H and O–H groups in total. The first-order valence-corrected chi connectivity index (χ1v) is 8.44. The van der Waals surface area contributed by atoms with Crippen molar-refractivity contribution in [2.24, 2.45) is 0 Å². The van der Waals surface area contributed by atoms with Crippen molar-refractivity contribution in [2.75, 3.05) is 5.32 Å². The van der Waals surface area contributed by atoms with Crippen LogP contribution < -0.4 is 5.32 Å². The summed E-state index contributed by atoms with van der Waals surface area (Å²) in [5, 5.41) is 9.71. The number of aromatic nitrogens is 2. The molecule has 2 aromatic heterocycles. The molecule has 0 fully saturated rings. The molecule has 10 heteroatoms. The Labute approximate surface area is 165 Å². The van der Waals surface area contributed by atoms with E-state index in [2.05, 4.69) is 15.5 Å². The van der Waals surface area contributed by atoms with E-state index in [-0.39, 0.29) is 33.9 Å². The van der Waals surface area contributed by atoms with Crippen LogP contribution in [0.15, 0.2) is 57.4 Å². The number of furan rings is 1. The molecule has 4 aromatic rings. The number of nitrogens with one attached hydrogen (secondary N) is 1. The van der Waals surface area contributed by atoms with Crippen molar-refractivity contribution >= 4 is 23.2 Å². The van der Waals surface area contributed by atoms with E-state index in [1.54, 1.807) is 0 Å². The quantitative estimate of drug-likeness (QED) is 0.484. The average Bonchev–Trinajstić information content (AvgIpc) is 3.33. The standard InChI is InChI=1S/C19H9ClF3N3O3/c20-16-6-5-15(28-16)19-26-25-18(29-19)10-7-14(13(23)8-12(10)22)24-17(27)9-3-1-2-4-11(9)21/h1-8H,(H,24,27). The van der Waals surface area contributed by atoms with Crippen LogP contribution in [0.5, 0.6) is 0 Å². The minimum absolute atomic E-state index is 0.0763. The molecule has 2 aromatic carbocycles. The summed E-state index contributed by atoms with van der Waals surface area (Å²) in [6.07, 6.45) is 0. The largest absolute Gasteiger partial charge is 0.440 e. The Morgan fingerprint density at radius 2 is 1.66 bits per heavy atom. The van der Waals surface area contributed by atoms with Crippen LogP contribution in [-0.4, -0.2) is 16.1 Å². The highest BCUT2D eigenvalue weighted by Gasteiger charge is 2.20. The van der Waals surface area contributed by atoms with Crippen molar-refractivity contribution in [2.45, 2.75) is 0 Å². The maximum atomic E-state index is 14.3. The lowest BCUT2D eigenvalue weighted by Crippen LogP contribution is -2.15. The summed E-state index contributed by atoms with van der Waals surface area (Å²) in [6, 6.07) is 9.60. The molecule has 146 valence electrons. The highest BCUT2D eigenvalue weighted by molar-refractivity contribution is 6.28. The number of halogens is 4. The molecule has 29 heavy (non-hydrogen) atoms. The van der Waals surface area contributed by atoms with E-state index in [9.17, 15) is 18.0 Å². The highest BCUT2D eigenvalue weighted by Crippen LogP contribution is 2.31. The van der Waals surface area contributed by atoms with E-state index >= 15 is 0 Å². The van der Waals surface area contributed by atoms with Gasteiger partial charge in [0.15, 0.2) is 11.0 Å². The van der Waals surface area contributed by atoms with Gasteiger partial charge >= 0.3 is 0 Å². The van der Waals surface area contributed by atoms with E-state index in [1.165, 1.54) is 30.3 Å². The van der Waals surface area contributed by atoms with Crippen molar-refractivity contribution in [3.05, 3.63) is 76.8 Å². The third-order valence-corrected chi connectivity index (χ3v) is 4.07. The van der Waals surface area contributed by atoms with Gasteiger partial charge in [-0.15, -0.1) is 10.2 Å². The Morgan fingerprint density at radius 3 is 2.38 bits per heavy atom. The molecule has 0 aliphatic rings. The number of rotatable bonds is 4. The minimum Gasteiger partial charge on any atom is -0.440 e. The average molecular weight is 420 g/mol. The van der Waals surface area contributed by atoms with Crippen molar-refractivity contribution in [3.8, 4) is 23.1 Å². The first-order valence-electron chi connectivity index (χ1n) is 8.07. The second kappa shape index (κ2) is 7.44. The lowest BCUT2D eigenvalue weighted by atomic mass is 10.1. The van der Waals surface area contributed by atoms with Crippen molar-refractivity contribution in [1.82, 2.24) is 10.2 Å². The van der Waals surface area contributed by atoms with Gasteiger partial charge in [-0.3, -0.25) is 4.79 Å². The van der Waals surface area contributed by atoms with Gasteiger partial charge in [0.1, 0.15) is 17.5 Å². The molecule has 4 rings (SSSR count). The van der Waals surface area contributed by atoms with Gasteiger partial charge in [0.05, 0.1) is 16.8 Å². The molecule has 0 radical (unpaired) electrons. The number of amides is 1. The van der Waals surface area contributed by atoms with Gasteiger partial charge in [-0.1, -0.05) is 12.1 Å². The van der Waals surface area contributed by atoms with Crippen molar-refractivity contribution in [1.29, 1.82) is 0 Å². The Morgan fingerprint density at radius 1 is 0.897 bits per heavy atom. The summed E-state index contributed by atoms with van der Waals surface area (Å²) >= 11 is 5.68. The predicted octanol–water partition coefficient (Wildman–Crippen LogP) is 5.32. The van der Waals surface area contributed by atoms with Gasteiger partial charge in [-0.2, -0.15) is 0 Å². The lowest BCUT2D eigenvalue weighted by molar-refractivity contribution is 0.102. The number of nitrogens with zero attached hydrogens (tertiary/aromatic N) is 2. The van der Waals surface area contributed by atoms with Crippen LogP contribution in [0.1, 0.15) is 10.4 Å². The third kappa shape index (κ3) is 3.72. The predicted molar refractivity (Wildman–Crippen MR) is 96.7 cm³/mol. The van der Waals surface area contributed by atoms with E-state index < -0.39 is 29.0 Å². The van der Waals surface area contributed by atoms with Gasteiger partial charge in [-0.25, -0.2) is 13.2 Å². The molecule has 6 nitrogen and oxygen atoms in total. The van der Waals surface area contributed by atoms with Gasteiger partial charge < -0.3 is 14.2 Å². The van der Waals surface area contributed by atoms with Crippen LogP contribution in [0.25, 0.3) is 23.1 Å². The molecule has 0 spiro atoms. The van der Waals surface area contributed by atoms with Crippen LogP contribution in [0.2, 0.25) is 5.22 Å². The monoisotopic (exact) mass is 419 g/mol. The number of hydrogen-bond acceptors (Lipinski definition) is 5. The normalized spacial score (nSPS) is 10.9. The zero-order valence-corrected chi connectivity index (χ0v) is 15.0. The maximum absolute atomic E-state index is 14.3. The molecule has 2 heterocycles. The molecule has 0 bridgehead atoms. The summed E-state index contributed by atoms with van der Waals surface area (Å²) in [6.45, 7) is 0. The van der Waals surface area contributed by atoms with Crippen LogP contribution in [-0.2, 0) is 0 Å². The summed E-state index contributed by atoms with van der Waals surface area (Å²) in [5.74, 6) is -3.96. The van der Waals surface area contributed by atoms with E-state index in [0.29, 0.717) is 6.07 Å². The van der Waals surface area contributed by atoms with E-state index in [0.717, 1.165) is 12.1 Å². The highest BCUT2D eigenvalue weighted by atomic mass is 35.5. The Balaban J connectivity index is 1.67. The lowest BCUT2D eigenvalue weighted by Gasteiger charge is -2.09.